The molecule has 0 saturated carbocycles. The van der Waals surface area contributed by atoms with Crippen LogP contribution in [0.4, 0.5) is 11.5 Å². The minimum atomic E-state index is -0.515. The number of nitro groups is 1. The van der Waals surface area contributed by atoms with Gasteiger partial charge in [-0.1, -0.05) is 41.4 Å². The number of nitrogens with one attached hydrogen (secondary N) is 1. The normalized spacial score (nSPS) is 11.9. The Balaban J connectivity index is 2.26. The zero-order chi connectivity index (χ0) is 14.7. The molecule has 0 aliphatic heterocycles. The van der Waals surface area contributed by atoms with E-state index in [1.54, 1.807) is 6.07 Å². The molecule has 1 unspecified atom stereocenters. The number of benzene rings is 1. The molecule has 1 atom stereocenters. The summed E-state index contributed by atoms with van der Waals surface area (Å²) in [5, 5.41) is 14.5. The number of pyridine rings is 1. The topological polar surface area (TPSA) is 68.1 Å². The molecule has 0 radical (unpaired) electrons. The van der Waals surface area contributed by atoms with Crippen LogP contribution in [0.3, 0.4) is 0 Å². The molecule has 0 aliphatic carbocycles. The average Bonchev–Trinajstić information content (AvgIpc) is 2.38. The van der Waals surface area contributed by atoms with Gasteiger partial charge in [0.15, 0.2) is 0 Å². The molecule has 1 aromatic heterocycles. The van der Waals surface area contributed by atoms with Gasteiger partial charge in [-0.15, -0.1) is 0 Å². The molecule has 1 heterocycles. The summed E-state index contributed by atoms with van der Waals surface area (Å²) in [6.07, 6.45) is 0. The van der Waals surface area contributed by atoms with E-state index in [1.807, 2.05) is 25.1 Å². The minimum Gasteiger partial charge on any atom is -0.363 e. The summed E-state index contributed by atoms with van der Waals surface area (Å²) in [6, 6.07) is 9.73. The molecule has 0 spiro atoms. The van der Waals surface area contributed by atoms with Crippen molar-refractivity contribution < 1.29 is 4.92 Å². The number of halogens is 2. The van der Waals surface area contributed by atoms with Gasteiger partial charge in [0.1, 0.15) is 11.0 Å². The van der Waals surface area contributed by atoms with Crippen LogP contribution < -0.4 is 5.32 Å². The van der Waals surface area contributed by atoms with Crippen molar-refractivity contribution in [1.29, 1.82) is 0 Å². The minimum absolute atomic E-state index is 0.0630. The van der Waals surface area contributed by atoms with Crippen molar-refractivity contribution in [1.82, 2.24) is 4.98 Å². The highest BCUT2D eigenvalue weighted by Crippen LogP contribution is 2.27. The van der Waals surface area contributed by atoms with E-state index in [9.17, 15) is 10.1 Å². The Kier molecular flexibility index (Phi) is 4.42. The Bertz CT molecular complexity index is 649. The molecule has 0 aliphatic rings. The van der Waals surface area contributed by atoms with Crippen molar-refractivity contribution in [3.05, 3.63) is 62.3 Å². The molecule has 5 nitrogen and oxygen atoms in total. The lowest BCUT2D eigenvalue weighted by Crippen LogP contribution is -2.08. The summed E-state index contributed by atoms with van der Waals surface area (Å²) in [7, 11) is 0. The monoisotopic (exact) mass is 311 g/mol. The van der Waals surface area contributed by atoms with Crippen LogP contribution in [0, 0.1) is 10.1 Å². The number of anilines is 1. The van der Waals surface area contributed by atoms with Gasteiger partial charge in [0, 0.05) is 5.02 Å². The van der Waals surface area contributed by atoms with Gasteiger partial charge in [0.05, 0.1) is 23.1 Å². The van der Waals surface area contributed by atoms with Crippen molar-refractivity contribution in [2.75, 3.05) is 5.32 Å². The third-order valence-corrected chi connectivity index (χ3v) is 3.26. The van der Waals surface area contributed by atoms with Crippen molar-refractivity contribution in [2.45, 2.75) is 13.0 Å². The van der Waals surface area contributed by atoms with Crippen LogP contribution in [0.15, 0.2) is 36.4 Å². The maximum atomic E-state index is 10.8. The average molecular weight is 312 g/mol. The van der Waals surface area contributed by atoms with E-state index >= 15 is 0 Å². The summed E-state index contributed by atoms with van der Waals surface area (Å²) in [4.78, 5) is 14.3. The zero-order valence-corrected chi connectivity index (χ0v) is 12.0. The fourth-order valence-corrected chi connectivity index (χ4v) is 2.29. The summed E-state index contributed by atoms with van der Waals surface area (Å²) >= 11 is 11.9. The molecule has 2 rings (SSSR count). The molecular formula is C13H11Cl2N3O2. The first-order chi connectivity index (χ1) is 9.47. The van der Waals surface area contributed by atoms with Gasteiger partial charge >= 0.3 is 0 Å². The van der Waals surface area contributed by atoms with Gasteiger partial charge in [0.25, 0.3) is 5.69 Å². The van der Waals surface area contributed by atoms with Crippen LogP contribution in [-0.4, -0.2) is 9.91 Å². The Hall–Kier alpha value is -1.85. The highest BCUT2D eigenvalue weighted by atomic mass is 35.5. The predicted molar refractivity (Wildman–Crippen MR) is 79.4 cm³/mol. The smallest absolute Gasteiger partial charge is 0.276 e. The Morgan fingerprint density at radius 1 is 1.30 bits per heavy atom. The summed E-state index contributed by atoms with van der Waals surface area (Å²) in [6.45, 7) is 1.88. The maximum Gasteiger partial charge on any atom is 0.276 e. The van der Waals surface area contributed by atoms with Crippen LogP contribution in [0.1, 0.15) is 18.5 Å². The van der Waals surface area contributed by atoms with Crippen molar-refractivity contribution in [3.63, 3.8) is 0 Å². The van der Waals surface area contributed by atoms with Crippen LogP contribution >= 0.6 is 23.2 Å². The van der Waals surface area contributed by atoms with Gasteiger partial charge in [0.2, 0.25) is 0 Å². The van der Waals surface area contributed by atoms with E-state index in [4.69, 9.17) is 23.2 Å². The standard InChI is InChI=1S/C13H11Cl2N3O2/c1-8(10-4-2-3-5-11(10)14)16-13-7-9(18(19)20)6-12(15)17-13/h2-8H,1H3,(H,16,17). The molecule has 104 valence electrons. The van der Waals surface area contributed by atoms with Crippen LogP contribution in [0.2, 0.25) is 10.2 Å². The van der Waals surface area contributed by atoms with Crippen LogP contribution in [0.5, 0.6) is 0 Å². The fraction of sp³-hybridized carbons (Fsp3) is 0.154. The first-order valence-corrected chi connectivity index (χ1v) is 6.56. The van der Waals surface area contributed by atoms with E-state index in [0.717, 1.165) is 5.56 Å². The number of nitrogens with zero attached hydrogens (tertiary/aromatic N) is 2. The zero-order valence-electron chi connectivity index (χ0n) is 10.5. The summed E-state index contributed by atoms with van der Waals surface area (Å²) in [5.41, 5.74) is 0.762. The van der Waals surface area contributed by atoms with E-state index in [0.29, 0.717) is 10.8 Å². The first kappa shape index (κ1) is 14.6. The van der Waals surface area contributed by atoms with E-state index < -0.39 is 4.92 Å². The molecule has 0 bridgehead atoms. The quantitative estimate of drug-likeness (QED) is 0.514. The fourth-order valence-electron chi connectivity index (χ4n) is 1.79. The molecule has 0 saturated heterocycles. The molecule has 0 fully saturated rings. The Labute approximate surface area is 125 Å². The molecule has 7 heteroatoms. The third-order valence-electron chi connectivity index (χ3n) is 2.73. The first-order valence-electron chi connectivity index (χ1n) is 5.80. The Morgan fingerprint density at radius 2 is 2.00 bits per heavy atom. The van der Waals surface area contributed by atoms with Crippen LogP contribution in [0.25, 0.3) is 0 Å². The summed E-state index contributed by atoms with van der Waals surface area (Å²) < 4.78 is 0. The highest BCUT2D eigenvalue weighted by Gasteiger charge is 2.14. The van der Waals surface area contributed by atoms with Gasteiger partial charge in [-0.05, 0) is 18.6 Å². The Morgan fingerprint density at radius 3 is 2.65 bits per heavy atom. The van der Waals surface area contributed by atoms with E-state index in [1.165, 1.54) is 12.1 Å². The predicted octanol–water partition coefficient (Wildman–Crippen LogP) is 4.47. The van der Waals surface area contributed by atoms with E-state index in [2.05, 4.69) is 10.3 Å². The molecular weight excluding hydrogens is 301 g/mol. The second-order valence-corrected chi connectivity index (χ2v) is 4.97. The maximum absolute atomic E-state index is 10.8. The molecule has 20 heavy (non-hydrogen) atoms. The van der Waals surface area contributed by atoms with Crippen LogP contribution in [-0.2, 0) is 0 Å². The second-order valence-electron chi connectivity index (χ2n) is 4.18. The molecule has 1 N–H and O–H groups in total. The van der Waals surface area contributed by atoms with Crippen molar-refractivity contribution in [2.24, 2.45) is 0 Å². The highest BCUT2D eigenvalue weighted by molar-refractivity contribution is 6.31. The van der Waals surface area contributed by atoms with Gasteiger partial charge < -0.3 is 5.32 Å². The summed E-state index contributed by atoms with van der Waals surface area (Å²) in [5.74, 6) is 0.330. The number of aromatic nitrogens is 1. The molecule has 2 aromatic rings. The van der Waals surface area contributed by atoms with E-state index in [-0.39, 0.29) is 16.9 Å². The van der Waals surface area contributed by atoms with Crippen molar-refractivity contribution >= 4 is 34.7 Å². The van der Waals surface area contributed by atoms with Gasteiger partial charge in [-0.25, -0.2) is 4.98 Å². The van der Waals surface area contributed by atoms with Gasteiger partial charge in [-0.3, -0.25) is 10.1 Å². The lowest BCUT2D eigenvalue weighted by molar-refractivity contribution is -0.384. The van der Waals surface area contributed by atoms with Crippen molar-refractivity contribution in [3.8, 4) is 0 Å². The SMILES string of the molecule is CC(Nc1cc([N+](=O)[O-])cc(Cl)n1)c1ccccc1Cl. The van der Waals surface area contributed by atoms with Gasteiger partial charge in [-0.2, -0.15) is 0 Å². The lowest BCUT2D eigenvalue weighted by Gasteiger charge is -2.16. The lowest BCUT2D eigenvalue weighted by atomic mass is 10.1. The third kappa shape index (κ3) is 3.37. The molecule has 1 aromatic carbocycles. The molecule has 0 amide bonds. The second kappa shape index (κ2) is 6.07. The number of rotatable bonds is 4. The largest absolute Gasteiger partial charge is 0.363 e. The number of hydrogen-bond acceptors (Lipinski definition) is 4. The number of hydrogen-bond donors (Lipinski definition) is 1.